The first-order valence-corrected chi connectivity index (χ1v) is 4.73. The van der Waals surface area contributed by atoms with Gasteiger partial charge in [0.15, 0.2) is 0 Å². The van der Waals surface area contributed by atoms with Gasteiger partial charge in [0, 0.05) is 18.3 Å². The van der Waals surface area contributed by atoms with Gasteiger partial charge in [0.25, 0.3) is 5.56 Å². The molecule has 4 heteroatoms. The Labute approximate surface area is 76.9 Å². The number of aromatic amines is 1. The predicted molar refractivity (Wildman–Crippen MR) is 50.8 cm³/mol. The second-order valence-electron chi connectivity index (χ2n) is 3.75. The molecule has 0 aromatic carbocycles. The van der Waals surface area contributed by atoms with Crippen LogP contribution in [0, 0.1) is 12.8 Å². The first-order chi connectivity index (χ1) is 6.25. The van der Waals surface area contributed by atoms with Crippen molar-refractivity contribution in [3.05, 3.63) is 22.1 Å². The third kappa shape index (κ3) is 1.83. The van der Waals surface area contributed by atoms with Gasteiger partial charge in [-0.15, -0.1) is 0 Å². The Hall–Kier alpha value is -1.03. The minimum absolute atomic E-state index is 0.0874. The van der Waals surface area contributed by atoms with Gasteiger partial charge in [0.05, 0.1) is 0 Å². The molecule has 1 aliphatic rings. The van der Waals surface area contributed by atoms with Crippen molar-refractivity contribution in [1.82, 2.24) is 15.1 Å². The van der Waals surface area contributed by atoms with Crippen molar-refractivity contribution in [3.8, 4) is 0 Å². The van der Waals surface area contributed by atoms with E-state index in [1.807, 2.05) is 6.92 Å². The summed E-state index contributed by atoms with van der Waals surface area (Å²) in [5, 5.41) is 6.34. The van der Waals surface area contributed by atoms with E-state index in [1.165, 1.54) is 6.42 Å². The van der Waals surface area contributed by atoms with E-state index in [0.717, 1.165) is 25.3 Å². The molecule has 2 N–H and O–H groups in total. The van der Waals surface area contributed by atoms with Gasteiger partial charge in [-0.3, -0.25) is 14.6 Å². The molecule has 1 unspecified atom stereocenters. The van der Waals surface area contributed by atoms with E-state index in [2.05, 4.69) is 10.4 Å². The lowest BCUT2D eigenvalue weighted by atomic mass is 10.1. The Morgan fingerprint density at radius 1 is 1.69 bits per heavy atom. The molecule has 1 aromatic heterocycles. The molecule has 0 radical (unpaired) electrons. The molecule has 1 saturated heterocycles. The number of aromatic nitrogens is 2. The fourth-order valence-electron chi connectivity index (χ4n) is 1.83. The Kier molecular flexibility index (Phi) is 2.22. The number of nitrogens with one attached hydrogen (secondary N) is 2. The Morgan fingerprint density at radius 3 is 3.08 bits per heavy atom. The Morgan fingerprint density at radius 2 is 2.54 bits per heavy atom. The normalized spacial score (nSPS) is 22.4. The van der Waals surface area contributed by atoms with Crippen LogP contribution in [0.1, 0.15) is 12.1 Å². The van der Waals surface area contributed by atoms with Crippen LogP contribution in [0.5, 0.6) is 0 Å². The van der Waals surface area contributed by atoms with Gasteiger partial charge in [-0.2, -0.15) is 0 Å². The van der Waals surface area contributed by atoms with Crippen LogP contribution in [0.4, 0.5) is 0 Å². The maximum atomic E-state index is 11.3. The zero-order valence-corrected chi connectivity index (χ0v) is 7.84. The largest absolute Gasteiger partial charge is 0.316 e. The fourth-order valence-corrected chi connectivity index (χ4v) is 1.83. The van der Waals surface area contributed by atoms with Crippen molar-refractivity contribution in [3.63, 3.8) is 0 Å². The van der Waals surface area contributed by atoms with Crippen LogP contribution in [0.2, 0.25) is 0 Å². The summed E-state index contributed by atoms with van der Waals surface area (Å²) in [6, 6.07) is 1.64. The minimum atomic E-state index is 0.0874. The SMILES string of the molecule is Cc1cc(=O)n(CC2CCNC2)[nH]1. The second-order valence-corrected chi connectivity index (χ2v) is 3.75. The van der Waals surface area contributed by atoms with Gasteiger partial charge in [-0.1, -0.05) is 0 Å². The summed E-state index contributed by atoms with van der Waals surface area (Å²) in [7, 11) is 0. The lowest BCUT2D eigenvalue weighted by Gasteiger charge is -2.07. The molecule has 4 nitrogen and oxygen atoms in total. The maximum absolute atomic E-state index is 11.3. The standard InChI is InChI=1S/C9H15N3O/c1-7-4-9(13)12(11-7)6-8-2-3-10-5-8/h4,8,10-11H,2-3,5-6H2,1H3. The fraction of sp³-hybridized carbons (Fsp3) is 0.667. The van der Waals surface area contributed by atoms with Crippen LogP contribution in [0.3, 0.4) is 0 Å². The van der Waals surface area contributed by atoms with Crippen molar-refractivity contribution in [2.24, 2.45) is 5.92 Å². The second kappa shape index (κ2) is 3.38. The third-order valence-electron chi connectivity index (χ3n) is 2.52. The van der Waals surface area contributed by atoms with E-state index >= 15 is 0 Å². The van der Waals surface area contributed by atoms with Crippen molar-refractivity contribution in [2.45, 2.75) is 19.9 Å². The third-order valence-corrected chi connectivity index (χ3v) is 2.52. The molecule has 0 spiro atoms. The number of nitrogens with zero attached hydrogens (tertiary/aromatic N) is 1. The minimum Gasteiger partial charge on any atom is -0.316 e. The van der Waals surface area contributed by atoms with Gasteiger partial charge in [-0.25, -0.2) is 0 Å². The van der Waals surface area contributed by atoms with Crippen LogP contribution in [0.15, 0.2) is 10.9 Å². The van der Waals surface area contributed by atoms with Crippen molar-refractivity contribution in [1.29, 1.82) is 0 Å². The number of hydrogen-bond acceptors (Lipinski definition) is 2. The summed E-state index contributed by atoms with van der Waals surface area (Å²) in [6.07, 6.45) is 1.17. The summed E-state index contributed by atoms with van der Waals surface area (Å²) < 4.78 is 1.70. The van der Waals surface area contributed by atoms with Crippen molar-refractivity contribution in [2.75, 3.05) is 13.1 Å². The molecule has 1 aromatic rings. The number of rotatable bonds is 2. The zero-order chi connectivity index (χ0) is 9.26. The molecule has 13 heavy (non-hydrogen) atoms. The topological polar surface area (TPSA) is 49.8 Å². The summed E-state index contributed by atoms with van der Waals surface area (Å²) in [5.41, 5.74) is 1.03. The average molecular weight is 181 g/mol. The maximum Gasteiger partial charge on any atom is 0.266 e. The van der Waals surface area contributed by atoms with Gasteiger partial charge in [0.1, 0.15) is 0 Å². The molecule has 0 amide bonds. The highest BCUT2D eigenvalue weighted by atomic mass is 16.1. The van der Waals surface area contributed by atoms with E-state index in [0.29, 0.717) is 5.92 Å². The van der Waals surface area contributed by atoms with Crippen molar-refractivity contribution < 1.29 is 0 Å². The van der Waals surface area contributed by atoms with Gasteiger partial charge in [0.2, 0.25) is 0 Å². The molecule has 1 aliphatic heterocycles. The number of aryl methyl sites for hydroxylation is 1. The first-order valence-electron chi connectivity index (χ1n) is 4.73. The molecule has 2 heterocycles. The van der Waals surface area contributed by atoms with E-state index in [4.69, 9.17) is 0 Å². The Bertz CT molecular complexity index is 333. The summed E-state index contributed by atoms with van der Waals surface area (Å²) in [4.78, 5) is 11.3. The lowest BCUT2D eigenvalue weighted by molar-refractivity contribution is 0.440. The average Bonchev–Trinajstić information content (AvgIpc) is 2.63. The van der Waals surface area contributed by atoms with Crippen LogP contribution in [-0.2, 0) is 6.54 Å². The van der Waals surface area contributed by atoms with Crippen LogP contribution in [0.25, 0.3) is 0 Å². The molecule has 72 valence electrons. The number of H-pyrrole nitrogens is 1. The molecule has 0 saturated carbocycles. The van der Waals surface area contributed by atoms with Crippen molar-refractivity contribution >= 4 is 0 Å². The molecule has 1 atom stereocenters. The monoisotopic (exact) mass is 181 g/mol. The molecule has 1 fully saturated rings. The molecule has 2 rings (SSSR count). The lowest BCUT2D eigenvalue weighted by Crippen LogP contribution is -2.22. The van der Waals surface area contributed by atoms with Crippen LogP contribution >= 0.6 is 0 Å². The van der Waals surface area contributed by atoms with E-state index in [1.54, 1.807) is 10.7 Å². The van der Waals surface area contributed by atoms with E-state index in [-0.39, 0.29) is 5.56 Å². The predicted octanol–water partition coefficient (Wildman–Crippen LogP) is 0.0943. The summed E-state index contributed by atoms with van der Waals surface area (Å²) in [5.74, 6) is 0.607. The van der Waals surface area contributed by atoms with E-state index in [9.17, 15) is 4.79 Å². The highest BCUT2D eigenvalue weighted by molar-refractivity contribution is 4.96. The first kappa shape index (κ1) is 8.56. The summed E-state index contributed by atoms with van der Waals surface area (Å²) in [6.45, 7) is 4.84. The molecule has 0 bridgehead atoms. The smallest absolute Gasteiger partial charge is 0.266 e. The molecular weight excluding hydrogens is 166 g/mol. The van der Waals surface area contributed by atoms with Crippen LogP contribution in [-0.4, -0.2) is 22.9 Å². The highest BCUT2D eigenvalue weighted by Crippen LogP contribution is 2.08. The quantitative estimate of drug-likeness (QED) is 0.679. The Balaban J connectivity index is 2.08. The molecular formula is C9H15N3O. The summed E-state index contributed by atoms with van der Waals surface area (Å²) >= 11 is 0. The van der Waals surface area contributed by atoms with E-state index < -0.39 is 0 Å². The number of hydrogen-bond donors (Lipinski definition) is 2. The van der Waals surface area contributed by atoms with Gasteiger partial charge >= 0.3 is 0 Å². The van der Waals surface area contributed by atoms with Gasteiger partial charge in [-0.05, 0) is 32.4 Å². The van der Waals surface area contributed by atoms with Crippen LogP contribution < -0.4 is 10.9 Å². The van der Waals surface area contributed by atoms with Gasteiger partial charge < -0.3 is 5.32 Å². The highest BCUT2D eigenvalue weighted by Gasteiger charge is 2.15. The zero-order valence-electron chi connectivity index (χ0n) is 7.84. The molecule has 0 aliphatic carbocycles.